The van der Waals surface area contributed by atoms with Gasteiger partial charge in [-0.25, -0.2) is 4.39 Å². The fraction of sp³-hybridized carbons (Fsp3) is 0.611. The minimum Gasteiger partial charge on any atom is -0.427 e. The molecule has 1 fully saturated rings. The molecule has 3 heteroatoms. The number of benzene rings is 1. The maximum absolute atomic E-state index is 13.5. The highest BCUT2D eigenvalue weighted by Crippen LogP contribution is 2.31. The van der Waals surface area contributed by atoms with Crippen molar-refractivity contribution < 1.29 is 13.9 Å². The Labute approximate surface area is 126 Å². The van der Waals surface area contributed by atoms with Crippen LogP contribution in [-0.2, 0) is 4.79 Å². The third kappa shape index (κ3) is 4.55. The Kier molecular flexibility index (Phi) is 5.38. The van der Waals surface area contributed by atoms with Gasteiger partial charge < -0.3 is 4.74 Å². The second-order valence-corrected chi connectivity index (χ2v) is 6.51. The molecule has 2 rings (SSSR count). The van der Waals surface area contributed by atoms with Gasteiger partial charge in [-0.15, -0.1) is 0 Å². The largest absolute Gasteiger partial charge is 0.427 e. The predicted molar refractivity (Wildman–Crippen MR) is 81.9 cm³/mol. The van der Waals surface area contributed by atoms with Crippen molar-refractivity contribution in [2.75, 3.05) is 0 Å². The zero-order valence-electron chi connectivity index (χ0n) is 13.2. The standard InChI is InChI=1S/C18H25FO2/c1-12-4-6-15(7-5-12)8-9-17(20)21-16-10-13(2)18(19)14(3)11-16/h10-12,15H,4-9H2,1-3H3. The lowest BCUT2D eigenvalue weighted by molar-refractivity contribution is -0.134. The molecule has 21 heavy (non-hydrogen) atoms. The van der Waals surface area contributed by atoms with Crippen LogP contribution in [0.4, 0.5) is 4.39 Å². The average molecular weight is 292 g/mol. The lowest BCUT2D eigenvalue weighted by Gasteiger charge is -2.25. The Hall–Kier alpha value is -1.38. The molecular weight excluding hydrogens is 267 g/mol. The Balaban J connectivity index is 1.82. The molecule has 1 aliphatic carbocycles. The van der Waals surface area contributed by atoms with Crippen molar-refractivity contribution in [2.45, 2.75) is 59.3 Å². The Morgan fingerprint density at radius 3 is 2.33 bits per heavy atom. The van der Waals surface area contributed by atoms with Crippen LogP contribution in [-0.4, -0.2) is 5.97 Å². The maximum Gasteiger partial charge on any atom is 0.311 e. The minimum absolute atomic E-state index is 0.209. The van der Waals surface area contributed by atoms with E-state index in [9.17, 15) is 9.18 Å². The van der Waals surface area contributed by atoms with Crippen LogP contribution >= 0.6 is 0 Å². The number of rotatable bonds is 4. The maximum atomic E-state index is 13.5. The number of carbonyl (C=O) groups is 1. The predicted octanol–water partition coefficient (Wildman–Crippen LogP) is 4.95. The van der Waals surface area contributed by atoms with Gasteiger partial charge in [0.25, 0.3) is 0 Å². The molecular formula is C18H25FO2. The number of hydrogen-bond donors (Lipinski definition) is 0. The molecule has 0 N–H and O–H groups in total. The van der Waals surface area contributed by atoms with Crippen LogP contribution in [0, 0.1) is 31.5 Å². The van der Waals surface area contributed by atoms with E-state index in [0.29, 0.717) is 29.2 Å². The number of carbonyl (C=O) groups excluding carboxylic acids is 1. The van der Waals surface area contributed by atoms with Crippen LogP contribution < -0.4 is 4.74 Å². The summed E-state index contributed by atoms with van der Waals surface area (Å²) in [4.78, 5) is 11.9. The Morgan fingerprint density at radius 2 is 1.76 bits per heavy atom. The number of hydrogen-bond acceptors (Lipinski definition) is 2. The number of esters is 1. The van der Waals surface area contributed by atoms with E-state index in [2.05, 4.69) is 6.92 Å². The summed E-state index contributed by atoms with van der Waals surface area (Å²) in [5, 5.41) is 0. The highest BCUT2D eigenvalue weighted by Gasteiger charge is 2.19. The summed E-state index contributed by atoms with van der Waals surface area (Å²) in [7, 11) is 0. The van der Waals surface area contributed by atoms with E-state index >= 15 is 0 Å². The van der Waals surface area contributed by atoms with Crippen LogP contribution in [0.25, 0.3) is 0 Å². The van der Waals surface area contributed by atoms with E-state index in [1.807, 2.05) is 0 Å². The third-order valence-corrected chi connectivity index (χ3v) is 4.53. The average Bonchev–Trinajstić information content (AvgIpc) is 2.44. The summed E-state index contributed by atoms with van der Waals surface area (Å²) >= 11 is 0. The van der Waals surface area contributed by atoms with E-state index in [1.54, 1.807) is 26.0 Å². The molecule has 0 spiro atoms. The molecule has 1 aromatic carbocycles. The number of aryl methyl sites for hydroxylation is 2. The summed E-state index contributed by atoms with van der Waals surface area (Å²) in [6, 6.07) is 3.17. The SMILES string of the molecule is Cc1cc(OC(=O)CCC2CCC(C)CC2)cc(C)c1F. The molecule has 0 unspecified atom stereocenters. The Morgan fingerprint density at radius 1 is 1.19 bits per heavy atom. The lowest BCUT2D eigenvalue weighted by Crippen LogP contribution is -2.15. The van der Waals surface area contributed by atoms with Crippen molar-refractivity contribution in [2.24, 2.45) is 11.8 Å². The van der Waals surface area contributed by atoms with E-state index in [4.69, 9.17) is 4.74 Å². The molecule has 0 saturated heterocycles. The monoisotopic (exact) mass is 292 g/mol. The second-order valence-electron chi connectivity index (χ2n) is 6.51. The van der Waals surface area contributed by atoms with Crippen molar-refractivity contribution in [3.8, 4) is 5.75 Å². The van der Waals surface area contributed by atoms with E-state index < -0.39 is 0 Å². The molecule has 0 heterocycles. The highest BCUT2D eigenvalue weighted by atomic mass is 19.1. The van der Waals surface area contributed by atoms with Crippen molar-refractivity contribution in [3.63, 3.8) is 0 Å². The van der Waals surface area contributed by atoms with Gasteiger partial charge in [0.2, 0.25) is 0 Å². The smallest absolute Gasteiger partial charge is 0.311 e. The quantitative estimate of drug-likeness (QED) is 0.579. The molecule has 2 nitrogen and oxygen atoms in total. The molecule has 0 atom stereocenters. The molecule has 116 valence electrons. The molecule has 1 aliphatic rings. The zero-order chi connectivity index (χ0) is 15.4. The highest BCUT2D eigenvalue weighted by molar-refractivity contribution is 5.72. The normalized spacial score (nSPS) is 22.1. The summed E-state index contributed by atoms with van der Waals surface area (Å²) < 4.78 is 18.9. The van der Waals surface area contributed by atoms with Crippen molar-refractivity contribution >= 4 is 5.97 Å². The van der Waals surface area contributed by atoms with Gasteiger partial charge in [0.15, 0.2) is 0 Å². The molecule has 0 amide bonds. The number of ether oxygens (including phenoxy) is 1. The Bertz CT molecular complexity index is 479. The molecule has 1 aromatic rings. The van der Waals surface area contributed by atoms with E-state index in [0.717, 1.165) is 12.3 Å². The molecule has 0 aliphatic heterocycles. The van der Waals surface area contributed by atoms with Gasteiger partial charge in [-0.3, -0.25) is 4.79 Å². The van der Waals surface area contributed by atoms with Gasteiger partial charge in [0.1, 0.15) is 11.6 Å². The van der Waals surface area contributed by atoms with Crippen LogP contribution in [0.3, 0.4) is 0 Å². The zero-order valence-corrected chi connectivity index (χ0v) is 13.2. The molecule has 0 radical (unpaired) electrons. The summed E-state index contributed by atoms with van der Waals surface area (Å²) in [5.41, 5.74) is 1.03. The summed E-state index contributed by atoms with van der Waals surface area (Å²) in [5.74, 6) is 1.50. The van der Waals surface area contributed by atoms with Gasteiger partial charge in [-0.1, -0.05) is 32.6 Å². The first-order chi connectivity index (χ1) is 9.95. The van der Waals surface area contributed by atoms with Crippen LogP contribution in [0.5, 0.6) is 5.75 Å². The van der Waals surface area contributed by atoms with Crippen molar-refractivity contribution in [1.82, 2.24) is 0 Å². The van der Waals surface area contributed by atoms with Gasteiger partial charge in [0, 0.05) is 6.42 Å². The first-order valence-corrected chi connectivity index (χ1v) is 7.93. The van der Waals surface area contributed by atoms with E-state index in [1.165, 1.54) is 25.7 Å². The van der Waals surface area contributed by atoms with Crippen molar-refractivity contribution in [1.29, 1.82) is 0 Å². The van der Waals surface area contributed by atoms with Crippen molar-refractivity contribution in [3.05, 3.63) is 29.1 Å². The van der Waals surface area contributed by atoms with Gasteiger partial charge >= 0.3 is 5.97 Å². The topological polar surface area (TPSA) is 26.3 Å². The van der Waals surface area contributed by atoms with Gasteiger partial charge in [-0.2, -0.15) is 0 Å². The molecule has 0 aromatic heterocycles. The minimum atomic E-state index is -0.230. The van der Waals surface area contributed by atoms with Crippen LogP contribution in [0.15, 0.2) is 12.1 Å². The number of halogens is 1. The van der Waals surface area contributed by atoms with Crippen LogP contribution in [0.2, 0.25) is 0 Å². The fourth-order valence-electron chi connectivity index (χ4n) is 3.09. The first-order valence-electron chi connectivity index (χ1n) is 7.93. The fourth-order valence-corrected chi connectivity index (χ4v) is 3.09. The molecule has 0 bridgehead atoms. The summed E-state index contributed by atoms with van der Waals surface area (Å²) in [6.07, 6.45) is 6.36. The van der Waals surface area contributed by atoms with Gasteiger partial charge in [-0.05, 0) is 55.4 Å². The summed E-state index contributed by atoms with van der Waals surface area (Å²) in [6.45, 7) is 5.66. The second kappa shape index (κ2) is 7.06. The molecule has 1 saturated carbocycles. The van der Waals surface area contributed by atoms with E-state index in [-0.39, 0.29) is 11.8 Å². The van der Waals surface area contributed by atoms with Gasteiger partial charge in [0.05, 0.1) is 0 Å². The third-order valence-electron chi connectivity index (χ3n) is 4.53. The lowest BCUT2D eigenvalue weighted by atomic mass is 9.81. The first kappa shape index (κ1) is 16.0. The van der Waals surface area contributed by atoms with Crippen LogP contribution in [0.1, 0.15) is 56.6 Å².